The summed E-state index contributed by atoms with van der Waals surface area (Å²) in [6, 6.07) is 8.59. The Bertz CT molecular complexity index is 323. The van der Waals surface area contributed by atoms with Crippen LogP contribution in [-0.4, -0.2) is 25.9 Å². The highest BCUT2D eigenvalue weighted by Crippen LogP contribution is 2.20. The van der Waals surface area contributed by atoms with Crippen LogP contribution in [-0.2, 0) is 4.74 Å². The summed E-state index contributed by atoms with van der Waals surface area (Å²) in [7, 11) is 1.68. The van der Waals surface area contributed by atoms with Gasteiger partial charge in [-0.15, -0.1) is 0 Å². The van der Waals surface area contributed by atoms with Crippen molar-refractivity contribution in [3.63, 3.8) is 0 Å². The lowest BCUT2D eigenvalue weighted by Crippen LogP contribution is -2.32. The van der Waals surface area contributed by atoms with Crippen LogP contribution in [0.3, 0.4) is 0 Å². The average Bonchev–Trinajstić information content (AvgIpc) is 2.30. The third-order valence-electron chi connectivity index (χ3n) is 2.95. The Labute approximate surface area is 96.8 Å². The van der Waals surface area contributed by atoms with Crippen molar-refractivity contribution in [2.45, 2.75) is 31.9 Å². The Morgan fingerprint density at radius 1 is 1.31 bits per heavy atom. The van der Waals surface area contributed by atoms with E-state index in [2.05, 4.69) is 24.4 Å². The Hall–Kier alpha value is -1.22. The van der Waals surface area contributed by atoms with Crippen molar-refractivity contribution in [2.75, 3.05) is 19.0 Å². The Morgan fingerprint density at radius 2 is 2.06 bits per heavy atom. The van der Waals surface area contributed by atoms with E-state index in [4.69, 9.17) is 9.47 Å². The zero-order valence-electron chi connectivity index (χ0n) is 9.90. The summed E-state index contributed by atoms with van der Waals surface area (Å²) in [5.41, 5.74) is 1.15. The maximum absolute atomic E-state index is 5.52. The molecule has 1 aliphatic heterocycles. The molecule has 1 saturated heterocycles. The summed E-state index contributed by atoms with van der Waals surface area (Å²) < 4.78 is 10.7. The van der Waals surface area contributed by atoms with Gasteiger partial charge in [-0.3, -0.25) is 0 Å². The second-order valence-electron chi connectivity index (χ2n) is 4.28. The number of hydrogen-bond donors (Lipinski definition) is 1. The number of methoxy groups -OCH3 is 1. The van der Waals surface area contributed by atoms with Crippen LogP contribution in [0.15, 0.2) is 24.3 Å². The molecule has 2 atom stereocenters. The van der Waals surface area contributed by atoms with Gasteiger partial charge in [0.05, 0.1) is 13.2 Å². The van der Waals surface area contributed by atoms with E-state index in [1.165, 1.54) is 0 Å². The lowest BCUT2D eigenvalue weighted by Gasteiger charge is -2.28. The van der Waals surface area contributed by atoms with Gasteiger partial charge >= 0.3 is 0 Å². The minimum Gasteiger partial charge on any atom is -0.497 e. The number of anilines is 1. The van der Waals surface area contributed by atoms with E-state index in [0.717, 1.165) is 30.9 Å². The van der Waals surface area contributed by atoms with Crippen LogP contribution in [0.4, 0.5) is 5.69 Å². The summed E-state index contributed by atoms with van der Waals surface area (Å²) in [6.45, 7) is 2.98. The zero-order chi connectivity index (χ0) is 11.4. The standard InChI is InChI=1S/C13H19NO2/c1-10-9-12(7-8-16-10)14-11-3-5-13(15-2)6-4-11/h3-6,10,12,14H,7-9H2,1-2H3. The molecule has 2 rings (SSSR count). The fourth-order valence-corrected chi connectivity index (χ4v) is 2.05. The van der Waals surface area contributed by atoms with Crippen LogP contribution in [0.2, 0.25) is 0 Å². The Balaban J connectivity index is 1.92. The highest BCUT2D eigenvalue weighted by atomic mass is 16.5. The van der Waals surface area contributed by atoms with Gasteiger partial charge in [-0.25, -0.2) is 0 Å². The number of rotatable bonds is 3. The molecule has 2 unspecified atom stereocenters. The first kappa shape index (κ1) is 11.3. The van der Waals surface area contributed by atoms with E-state index >= 15 is 0 Å². The fraction of sp³-hybridized carbons (Fsp3) is 0.538. The van der Waals surface area contributed by atoms with Crippen molar-refractivity contribution in [1.82, 2.24) is 0 Å². The highest BCUT2D eigenvalue weighted by Gasteiger charge is 2.18. The Morgan fingerprint density at radius 3 is 2.69 bits per heavy atom. The van der Waals surface area contributed by atoms with E-state index in [1.54, 1.807) is 7.11 Å². The molecule has 0 aromatic heterocycles. The van der Waals surface area contributed by atoms with Crippen molar-refractivity contribution in [3.8, 4) is 5.75 Å². The molecule has 3 heteroatoms. The number of benzene rings is 1. The number of hydrogen-bond acceptors (Lipinski definition) is 3. The molecule has 0 spiro atoms. The summed E-state index contributed by atoms with van der Waals surface area (Å²) in [4.78, 5) is 0. The molecule has 1 aliphatic rings. The van der Waals surface area contributed by atoms with Gasteiger partial charge in [0.15, 0.2) is 0 Å². The van der Waals surface area contributed by atoms with Crippen molar-refractivity contribution < 1.29 is 9.47 Å². The molecule has 1 fully saturated rings. The second-order valence-corrected chi connectivity index (χ2v) is 4.28. The van der Waals surface area contributed by atoms with Gasteiger partial charge in [-0.2, -0.15) is 0 Å². The molecule has 1 heterocycles. The van der Waals surface area contributed by atoms with Crippen molar-refractivity contribution in [1.29, 1.82) is 0 Å². The van der Waals surface area contributed by atoms with Crippen LogP contribution in [0.5, 0.6) is 5.75 Å². The average molecular weight is 221 g/mol. The predicted molar refractivity (Wildman–Crippen MR) is 65.1 cm³/mol. The van der Waals surface area contributed by atoms with E-state index in [0.29, 0.717) is 12.1 Å². The molecule has 0 saturated carbocycles. The maximum Gasteiger partial charge on any atom is 0.119 e. The summed E-state index contributed by atoms with van der Waals surface area (Å²) in [6.07, 6.45) is 2.52. The first-order valence-corrected chi connectivity index (χ1v) is 5.80. The molecule has 1 aromatic rings. The van der Waals surface area contributed by atoms with E-state index in [9.17, 15) is 0 Å². The summed E-state index contributed by atoms with van der Waals surface area (Å²) in [5, 5.41) is 3.53. The van der Waals surface area contributed by atoms with Gasteiger partial charge in [0, 0.05) is 18.3 Å². The molecule has 88 valence electrons. The number of nitrogens with one attached hydrogen (secondary N) is 1. The van der Waals surface area contributed by atoms with Gasteiger partial charge in [0.2, 0.25) is 0 Å². The van der Waals surface area contributed by atoms with Crippen LogP contribution in [0, 0.1) is 0 Å². The van der Waals surface area contributed by atoms with Gasteiger partial charge in [-0.1, -0.05) is 0 Å². The minimum atomic E-state index is 0.365. The molecule has 3 nitrogen and oxygen atoms in total. The fourth-order valence-electron chi connectivity index (χ4n) is 2.05. The lowest BCUT2D eigenvalue weighted by molar-refractivity contribution is 0.0232. The molecule has 0 radical (unpaired) electrons. The normalized spacial score (nSPS) is 25.1. The van der Waals surface area contributed by atoms with Crippen molar-refractivity contribution in [3.05, 3.63) is 24.3 Å². The number of ether oxygens (including phenoxy) is 2. The third-order valence-corrected chi connectivity index (χ3v) is 2.95. The SMILES string of the molecule is COc1ccc(NC2CCOC(C)C2)cc1. The van der Waals surface area contributed by atoms with Gasteiger partial charge in [0.1, 0.15) is 5.75 Å². The second kappa shape index (κ2) is 5.21. The van der Waals surface area contributed by atoms with Gasteiger partial charge in [0.25, 0.3) is 0 Å². The monoisotopic (exact) mass is 221 g/mol. The molecule has 0 amide bonds. The molecule has 0 aliphatic carbocycles. The van der Waals surface area contributed by atoms with E-state index in [1.807, 2.05) is 12.1 Å². The topological polar surface area (TPSA) is 30.5 Å². The molecule has 0 bridgehead atoms. The zero-order valence-corrected chi connectivity index (χ0v) is 9.90. The van der Waals surface area contributed by atoms with E-state index < -0.39 is 0 Å². The van der Waals surface area contributed by atoms with Crippen LogP contribution in [0.25, 0.3) is 0 Å². The van der Waals surface area contributed by atoms with E-state index in [-0.39, 0.29) is 0 Å². The third kappa shape index (κ3) is 2.89. The maximum atomic E-state index is 5.52. The van der Waals surface area contributed by atoms with Crippen LogP contribution < -0.4 is 10.1 Å². The molecular formula is C13H19NO2. The lowest BCUT2D eigenvalue weighted by atomic mass is 10.0. The molecule has 1 N–H and O–H groups in total. The highest BCUT2D eigenvalue weighted by molar-refractivity contribution is 5.47. The van der Waals surface area contributed by atoms with Gasteiger partial charge in [-0.05, 0) is 44.0 Å². The van der Waals surface area contributed by atoms with Crippen LogP contribution in [0.1, 0.15) is 19.8 Å². The quantitative estimate of drug-likeness (QED) is 0.851. The largest absolute Gasteiger partial charge is 0.497 e. The van der Waals surface area contributed by atoms with Crippen molar-refractivity contribution >= 4 is 5.69 Å². The molecule has 1 aromatic carbocycles. The van der Waals surface area contributed by atoms with Gasteiger partial charge < -0.3 is 14.8 Å². The summed E-state index contributed by atoms with van der Waals surface area (Å²) in [5.74, 6) is 0.894. The molecule has 16 heavy (non-hydrogen) atoms. The molecular weight excluding hydrogens is 202 g/mol. The first-order valence-electron chi connectivity index (χ1n) is 5.80. The predicted octanol–water partition coefficient (Wildman–Crippen LogP) is 2.67. The smallest absolute Gasteiger partial charge is 0.119 e. The van der Waals surface area contributed by atoms with Crippen molar-refractivity contribution in [2.24, 2.45) is 0 Å². The van der Waals surface area contributed by atoms with Crippen LogP contribution >= 0.6 is 0 Å². The minimum absolute atomic E-state index is 0.365. The summed E-state index contributed by atoms with van der Waals surface area (Å²) >= 11 is 0. The first-order chi connectivity index (χ1) is 7.78. The Kier molecular flexibility index (Phi) is 3.67.